The number of amides is 1. The average molecular weight is 335 g/mol. The quantitative estimate of drug-likeness (QED) is 0.866. The topological polar surface area (TPSA) is 84.2 Å². The van der Waals surface area contributed by atoms with E-state index in [9.17, 15) is 14.7 Å². The molecule has 0 aliphatic heterocycles. The lowest BCUT2D eigenvalue weighted by Crippen LogP contribution is -2.45. The van der Waals surface area contributed by atoms with Gasteiger partial charge in [-0.2, -0.15) is 5.10 Å². The summed E-state index contributed by atoms with van der Waals surface area (Å²) in [5.41, 5.74) is 0.444. The number of rotatable bonds is 5. The number of hydrogen-bond donors (Lipinski definition) is 2. The maximum Gasteiger partial charge on any atom is 0.309 e. The van der Waals surface area contributed by atoms with Crippen LogP contribution in [0, 0.1) is 23.7 Å². The van der Waals surface area contributed by atoms with Crippen LogP contribution in [0.25, 0.3) is 0 Å². The van der Waals surface area contributed by atoms with E-state index in [2.05, 4.69) is 10.4 Å². The van der Waals surface area contributed by atoms with Crippen molar-refractivity contribution in [3.63, 3.8) is 0 Å². The zero-order chi connectivity index (χ0) is 18.3. The van der Waals surface area contributed by atoms with E-state index in [1.165, 1.54) is 0 Å². The van der Waals surface area contributed by atoms with Crippen LogP contribution in [-0.2, 0) is 16.1 Å². The van der Waals surface area contributed by atoms with Crippen LogP contribution in [0.15, 0.2) is 6.20 Å². The molecule has 6 heteroatoms. The van der Waals surface area contributed by atoms with Crippen molar-refractivity contribution in [1.82, 2.24) is 15.1 Å². The molecule has 0 radical (unpaired) electrons. The van der Waals surface area contributed by atoms with Gasteiger partial charge >= 0.3 is 5.97 Å². The molecule has 6 nitrogen and oxygen atoms in total. The van der Waals surface area contributed by atoms with Crippen LogP contribution in [0.4, 0.5) is 0 Å². The first kappa shape index (κ1) is 18.5. The number of nitrogens with one attached hydrogen (secondary N) is 1. The van der Waals surface area contributed by atoms with Crippen LogP contribution in [0.2, 0.25) is 0 Å². The van der Waals surface area contributed by atoms with Crippen LogP contribution in [0.1, 0.15) is 64.8 Å². The summed E-state index contributed by atoms with van der Waals surface area (Å²) in [6.07, 6.45) is 3.08. The van der Waals surface area contributed by atoms with Gasteiger partial charge < -0.3 is 10.4 Å². The fourth-order valence-corrected chi connectivity index (χ4v) is 3.85. The van der Waals surface area contributed by atoms with Crippen LogP contribution in [0.5, 0.6) is 0 Å². The minimum absolute atomic E-state index is 0.0684. The molecule has 24 heavy (non-hydrogen) atoms. The zero-order valence-electron chi connectivity index (χ0n) is 15.5. The number of carboxylic acid groups (broad SMARTS) is 1. The molecule has 0 bridgehead atoms. The SMILES string of the molecule is CCn1cc(C(C)NC(=O)C2CCC(C)(C(=O)O)C2(C)C)c(C)n1. The maximum absolute atomic E-state index is 12.8. The van der Waals surface area contributed by atoms with Crippen molar-refractivity contribution < 1.29 is 14.7 Å². The van der Waals surface area contributed by atoms with E-state index in [4.69, 9.17) is 0 Å². The molecule has 1 fully saturated rings. The number of aryl methyl sites for hydroxylation is 2. The first-order chi connectivity index (χ1) is 11.0. The number of nitrogens with zero attached hydrogens (tertiary/aromatic N) is 2. The Morgan fingerprint density at radius 2 is 2.08 bits per heavy atom. The number of aromatic nitrogens is 2. The summed E-state index contributed by atoms with van der Waals surface area (Å²) in [6, 6.07) is -0.148. The molecule has 3 unspecified atom stereocenters. The third-order valence-electron chi connectivity index (χ3n) is 6.15. The van der Waals surface area contributed by atoms with Gasteiger partial charge in [0, 0.05) is 24.2 Å². The van der Waals surface area contributed by atoms with Crippen molar-refractivity contribution in [2.75, 3.05) is 0 Å². The first-order valence-electron chi connectivity index (χ1n) is 8.62. The van der Waals surface area contributed by atoms with Crippen LogP contribution < -0.4 is 5.32 Å². The standard InChI is InChI=1S/C18H29N3O3/c1-7-21-10-13(12(3)20-21)11(2)19-15(22)14-8-9-18(6,16(23)24)17(14,4)5/h10-11,14H,7-9H2,1-6H3,(H,19,22)(H,23,24). The molecular formula is C18H29N3O3. The van der Waals surface area contributed by atoms with E-state index in [0.717, 1.165) is 17.8 Å². The number of aliphatic carboxylic acids is 1. The number of carboxylic acids is 1. The first-order valence-corrected chi connectivity index (χ1v) is 8.62. The fourth-order valence-electron chi connectivity index (χ4n) is 3.85. The number of carbonyl (C=O) groups is 2. The predicted octanol–water partition coefficient (Wildman–Crippen LogP) is 2.92. The van der Waals surface area contributed by atoms with Gasteiger partial charge in [0.2, 0.25) is 5.91 Å². The molecule has 134 valence electrons. The van der Waals surface area contributed by atoms with Crippen LogP contribution in [0.3, 0.4) is 0 Å². The third-order valence-corrected chi connectivity index (χ3v) is 6.15. The molecule has 2 rings (SSSR count). The molecule has 1 aliphatic carbocycles. The zero-order valence-corrected chi connectivity index (χ0v) is 15.5. The van der Waals surface area contributed by atoms with E-state index in [-0.39, 0.29) is 17.9 Å². The molecular weight excluding hydrogens is 306 g/mol. The summed E-state index contributed by atoms with van der Waals surface area (Å²) in [4.78, 5) is 24.5. The van der Waals surface area contributed by atoms with Crippen molar-refractivity contribution in [2.45, 2.75) is 67.0 Å². The monoisotopic (exact) mass is 335 g/mol. The minimum atomic E-state index is -0.874. The molecule has 1 amide bonds. The normalized spacial score (nSPS) is 27.0. The second-order valence-corrected chi connectivity index (χ2v) is 7.71. The van der Waals surface area contributed by atoms with E-state index < -0.39 is 16.8 Å². The number of carbonyl (C=O) groups excluding carboxylic acids is 1. The van der Waals surface area contributed by atoms with Gasteiger partial charge in [-0.1, -0.05) is 13.8 Å². The summed E-state index contributed by atoms with van der Waals surface area (Å²) in [6.45, 7) is 12.2. The minimum Gasteiger partial charge on any atom is -0.481 e. The highest BCUT2D eigenvalue weighted by Crippen LogP contribution is 2.56. The lowest BCUT2D eigenvalue weighted by Gasteiger charge is -2.38. The predicted molar refractivity (Wildman–Crippen MR) is 91.4 cm³/mol. The number of hydrogen-bond acceptors (Lipinski definition) is 3. The van der Waals surface area contributed by atoms with Crippen molar-refractivity contribution in [3.05, 3.63) is 17.5 Å². The van der Waals surface area contributed by atoms with E-state index >= 15 is 0 Å². The summed E-state index contributed by atoms with van der Waals surface area (Å²) in [5.74, 6) is -1.19. The van der Waals surface area contributed by atoms with Gasteiger partial charge in [0.25, 0.3) is 0 Å². The molecule has 2 N–H and O–H groups in total. The molecule has 1 aromatic rings. The second-order valence-electron chi connectivity index (χ2n) is 7.71. The Balaban J connectivity index is 2.15. The second kappa shape index (κ2) is 6.22. The van der Waals surface area contributed by atoms with Crippen molar-refractivity contribution in [2.24, 2.45) is 16.7 Å². The van der Waals surface area contributed by atoms with Gasteiger partial charge in [0.05, 0.1) is 17.2 Å². The Labute approximate surface area is 143 Å². The molecule has 1 aromatic heterocycles. The largest absolute Gasteiger partial charge is 0.481 e. The van der Waals surface area contributed by atoms with Crippen LogP contribution >= 0.6 is 0 Å². The van der Waals surface area contributed by atoms with Gasteiger partial charge in [-0.25, -0.2) is 0 Å². The highest BCUT2D eigenvalue weighted by Gasteiger charge is 2.58. The highest BCUT2D eigenvalue weighted by atomic mass is 16.4. The van der Waals surface area contributed by atoms with E-state index in [0.29, 0.717) is 12.8 Å². The lowest BCUT2D eigenvalue weighted by atomic mass is 9.65. The van der Waals surface area contributed by atoms with Gasteiger partial charge in [-0.15, -0.1) is 0 Å². The molecule has 0 saturated heterocycles. The maximum atomic E-state index is 12.8. The fraction of sp³-hybridized carbons (Fsp3) is 0.722. The third kappa shape index (κ3) is 2.82. The van der Waals surface area contributed by atoms with Gasteiger partial charge in [0.15, 0.2) is 0 Å². The highest BCUT2D eigenvalue weighted by molar-refractivity contribution is 5.84. The van der Waals surface area contributed by atoms with Crippen molar-refractivity contribution in [3.8, 4) is 0 Å². The summed E-state index contributed by atoms with van der Waals surface area (Å²) >= 11 is 0. The Kier molecular flexibility index (Phi) is 4.79. The Bertz CT molecular complexity index is 650. The molecule has 1 heterocycles. The molecule has 1 saturated carbocycles. The molecule has 3 atom stereocenters. The van der Waals surface area contributed by atoms with Gasteiger partial charge in [0.1, 0.15) is 0 Å². The van der Waals surface area contributed by atoms with E-state index in [1.807, 2.05) is 45.5 Å². The Hall–Kier alpha value is -1.85. The average Bonchev–Trinajstić information content (AvgIpc) is 2.98. The lowest BCUT2D eigenvalue weighted by molar-refractivity contribution is -0.155. The smallest absolute Gasteiger partial charge is 0.309 e. The van der Waals surface area contributed by atoms with Crippen LogP contribution in [-0.4, -0.2) is 26.8 Å². The van der Waals surface area contributed by atoms with Crippen molar-refractivity contribution >= 4 is 11.9 Å². The summed E-state index contributed by atoms with van der Waals surface area (Å²) in [5, 5.41) is 17.1. The van der Waals surface area contributed by atoms with Gasteiger partial charge in [-0.3, -0.25) is 14.3 Å². The molecule has 0 aromatic carbocycles. The Morgan fingerprint density at radius 1 is 1.46 bits per heavy atom. The van der Waals surface area contributed by atoms with E-state index in [1.54, 1.807) is 6.92 Å². The Morgan fingerprint density at radius 3 is 2.54 bits per heavy atom. The molecule has 1 aliphatic rings. The summed E-state index contributed by atoms with van der Waals surface area (Å²) in [7, 11) is 0. The summed E-state index contributed by atoms with van der Waals surface area (Å²) < 4.78 is 1.86. The van der Waals surface area contributed by atoms with Crippen molar-refractivity contribution in [1.29, 1.82) is 0 Å². The van der Waals surface area contributed by atoms with Gasteiger partial charge in [-0.05, 0) is 46.0 Å². The molecule has 0 spiro atoms.